The van der Waals surface area contributed by atoms with Gasteiger partial charge in [0.2, 0.25) is 0 Å². The first-order valence-electron chi connectivity index (χ1n) is 7.47. The van der Waals surface area contributed by atoms with Gasteiger partial charge in [-0.3, -0.25) is 4.79 Å². The Labute approximate surface area is 119 Å². The van der Waals surface area contributed by atoms with Crippen LogP contribution in [-0.4, -0.2) is 54.2 Å². The number of nitrogens with one attached hydrogen (secondary N) is 2. The number of urea groups is 1. The molecule has 0 saturated carbocycles. The summed E-state index contributed by atoms with van der Waals surface area (Å²) in [5, 5.41) is 14.8. The number of carbonyl (C=O) groups excluding carboxylic acids is 1. The summed E-state index contributed by atoms with van der Waals surface area (Å²) in [6.45, 7) is 7.08. The minimum Gasteiger partial charge on any atom is -0.481 e. The van der Waals surface area contributed by atoms with Crippen molar-refractivity contribution in [3.63, 3.8) is 0 Å². The van der Waals surface area contributed by atoms with Gasteiger partial charge < -0.3 is 20.6 Å². The fourth-order valence-electron chi connectivity index (χ4n) is 3.16. The molecule has 2 bridgehead atoms. The van der Waals surface area contributed by atoms with Gasteiger partial charge in [-0.2, -0.15) is 0 Å². The summed E-state index contributed by atoms with van der Waals surface area (Å²) in [7, 11) is 0. The van der Waals surface area contributed by atoms with E-state index in [2.05, 4.69) is 15.5 Å². The van der Waals surface area contributed by atoms with Gasteiger partial charge >= 0.3 is 12.0 Å². The van der Waals surface area contributed by atoms with Gasteiger partial charge in [0.1, 0.15) is 0 Å². The van der Waals surface area contributed by atoms with E-state index in [1.165, 1.54) is 0 Å². The van der Waals surface area contributed by atoms with Gasteiger partial charge in [0, 0.05) is 19.1 Å². The van der Waals surface area contributed by atoms with Crippen molar-refractivity contribution in [2.24, 2.45) is 17.8 Å². The molecule has 3 aliphatic heterocycles. The molecule has 6 nitrogen and oxygen atoms in total. The molecular weight excluding hydrogens is 258 g/mol. The van der Waals surface area contributed by atoms with E-state index in [4.69, 9.17) is 5.11 Å². The first kappa shape index (κ1) is 15.1. The molecule has 2 unspecified atom stereocenters. The molecule has 3 saturated heterocycles. The third-order valence-corrected chi connectivity index (χ3v) is 4.58. The highest BCUT2D eigenvalue weighted by molar-refractivity contribution is 5.76. The molecule has 3 N–H and O–H groups in total. The quantitative estimate of drug-likeness (QED) is 0.695. The first-order chi connectivity index (χ1) is 9.47. The molecule has 0 aromatic rings. The van der Waals surface area contributed by atoms with E-state index < -0.39 is 11.9 Å². The van der Waals surface area contributed by atoms with Crippen molar-refractivity contribution >= 4 is 12.0 Å². The minimum atomic E-state index is -0.858. The third-order valence-electron chi connectivity index (χ3n) is 4.58. The van der Waals surface area contributed by atoms with E-state index in [1.807, 2.05) is 13.8 Å². The molecule has 3 rings (SSSR count). The van der Waals surface area contributed by atoms with Gasteiger partial charge in [-0.15, -0.1) is 0 Å². The lowest BCUT2D eigenvalue weighted by Gasteiger charge is -2.44. The van der Waals surface area contributed by atoms with E-state index >= 15 is 0 Å². The average molecular weight is 283 g/mol. The number of rotatable bonds is 5. The Morgan fingerprint density at radius 1 is 1.30 bits per heavy atom. The molecule has 0 spiro atoms. The standard InChI is InChI=1S/C14H25N3O3/c1-9(2)11(13(18)19)7-15-14(20)16-12-8-17-5-3-10(12)4-6-17/h9-12H,3-8H2,1-2H3,(H,18,19)(H2,15,16,20). The van der Waals surface area contributed by atoms with Crippen LogP contribution in [0.15, 0.2) is 0 Å². The van der Waals surface area contributed by atoms with E-state index in [9.17, 15) is 9.59 Å². The van der Waals surface area contributed by atoms with Crippen LogP contribution in [0.1, 0.15) is 26.7 Å². The van der Waals surface area contributed by atoms with Gasteiger partial charge in [-0.05, 0) is 37.8 Å². The Bertz CT molecular complexity index is 365. The van der Waals surface area contributed by atoms with Gasteiger partial charge in [0.15, 0.2) is 0 Å². The van der Waals surface area contributed by atoms with Gasteiger partial charge in [-0.25, -0.2) is 4.79 Å². The van der Waals surface area contributed by atoms with E-state index in [0.29, 0.717) is 5.92 Å². The van der Waals surface area contributed by atoms with Gasteiger partial charge in [-0.1, -0.05) is 13.8 Å². The average Bonchev–Trinajstić information content (AvgIpc) is 2.39. The Morgan fingerprint density at radius 3 is 2.40 bits per heavy atom. The highest BCUT2D eigenvalue weighted by atomic mass is 16.4. The van der Waals surface area contributed by atoms with Crippen molar-refractivity contribution in [3.8, 4) is 0 Å². The lowest BCUT2D eigenvalue weighted by molar-refractivity contribution is -0.142. The normalized spacial score (nSPS) is 30.1. The van der Waals surface area contributed by atoms with Crippen LogP contribution in [-0.2, 0) is 4.79 Å². The third kappa shape index (κ3) is 3.62. The number of hydrogen-bond donors (Lipinski definition) is 3. The summed E-state index contributed by atoms with van der Waals surface area (Å²) >= 11 is 0. The maximum absolute atomic E-state index is 11.9. The Kier molecular flexibility index (Phi) is 4.86. The monoisotopic (exact) mass is 283 g/mol. The van der Waals surface area contributed by atoms with Crippen LogP contribution >= 0.6 is 0 Å². The smallest absolute Gasteiger partial charge is 0.315 e. The van der Waals surface area contributed by atoms with Crippen LogP contribution in [0.25, 0.3) is 0 Å². The molecule has 0 aliphatic carbocycles. The fraction of sp³-hybridized carbons (Fsp3) is 0.857. The second-order valence-electron chi connectivity index (χ2n) is 6.29. The molecule has 2 amide bonds. The molecule has 0 aromatic heterocycles. The summed E-state index contributed by atoms with van der Waals surface area (Å²) in [5.74, 6) is -0.814. The molecule has 3 heterocycles. The molecule has 3 aliphatic rings. The summed E-state index contributed by atoms with van der Waals surface area (Å²) in [6, 6.07) is -0.0320. The lowest BCUT2D eigenvalue weighted by atomic mass is 9.84. The molecule has 2 atom stereocenters. The molecule has 6 heteroatoms. The van der Waals surface area contributed by atoms with Crippen molar-refractivity contribution < 1.29 is 14.7 Å². The lowest BCUT2D eigenvalue weighted by Crippen LogP contribution is -2.59. The van der Waals surface area contributed by atoms with Gasteiger partial charge in [0.25, 0.3) is 0 Å². The number of carboxylic acids is 1. The van der Waals surface area contributed by atoms with Crippen LogP contribution in [0, 0.1) is 17.8 Å². The Hall–Kier alpha value is -1.30. The summed E-state index contributed by atoms with van der Waals surface area (Å²) in [6.07, 6.45) is 2.30. The molecule has 0 aromatic carbocycles. The number of piperidine rings is 3. The highest BCUT2D eigenvalue weighted by Crippen LogP contribution is 2.27. The van der Waals surface area contributed by atoms with Crippen molar-refractivity contribution in [2.45, 2.75) is 32.7 Å². The zero-order valence-corrected chi connectivity index (χ0v) is 12.3. The topological polar surface area (TPSA) is 81.7 Å². The van der Waals surface area contributed by atoms with Crippen LogP contribution < -0.4 is 10.6 Å². The molecule has 3 fully saturated rings. The number of nitrogens with zero attached hydrogens (tertiary/aromatic N) is 1. The molecular formula is C14H25N3O3. The van der Waals surface area contributed by atoms with Crippen molar-refractivity contribution in [3.05, 3.63) is 0 Å². The highest BCUT2D eigenvalue weighted by Gasteiger charge is 2.35. The Balaban J connectivity index is 1.76. The summed E-state index contributed by atoms with van der Waals surface area (Å²) in [5.41, 5.74) is 0. The maximum atomic E-state index is 11.9. The minimum absolute atomic E-state index is 0.00426. The predicted octanol–water partition coefficient (Wildman–Crippen LogP) is 0.737. The number of carboxylic acid groups (broad SMARTS) is 1. The second-order valence-corrected chi connectivity index (χ2v) is 6.29. The SMILES string of the molecule is CC(C)C(CNC(=O)NC1CN2CCC1CC2)C(=O)O. The zero-order valence-electron chi connectivity index (χ0n) is 12.3. The number of aliphatic carboxylic acids is 1. The van der Waals surface area contributed by atoms with Crippen LogP contribution in [0.4, 0.5) is 4.79 Å². The van der Waals surface area contributed by atoms with Crippen LogP contribution in [0.3, 0.4) is 0 Å². The number of carbonyl (C=O) groups is 2. The number of hydrogen-bond acceptors (Lipinski definition) is 3. The maximum Gasteiger partial charge on any atom is 0.315 e. The van der Waals surface area contributed by atoms with E-state index in [1.54, 1.807) is 0 Å². The van der Waals surface area contributed by atoms with Gasteiger partial charge in [0.05, 0.1) is 5.92 Å². The number of fused-ring (bicyclic) bond motifs is 3. The summed E-state index contributed by atoms with van der Waals surface area (Å²) in [4.78, 5) is 25.3. The second kappa shape index (κ2) is 6.43. The largest absolute Gasteiger partial charge is 0.481 e. The van der Waals surface area contributed by atoms with E-state index in [-0.39, 0.29) is 24.5 Å². The van der Waals surface area contributed by atoms with Crippen LogP contribution in [0.5, 0.6) is 0 Å². The molecule has 114 valence electrons. The van der Waals surface area contributed by atoms with E-state index in [0.717, 1.165) is 32.5 Å². The predicted molar refractivity (Wildman–Crippen MR) is 75.5 cm³/mol. The van der Waals surface area contributed by atoms with Crippen LogP contribution in [0.2, 0.25) is 0 Å². The summed E-state index contributed by atoms with van der Waals surface area (Å²) < 4.78 is 0. The van der Waals surface area contributed by atoms with Crippen molar-refractivity contribution in [1.29, 1.82) is 0 Å². The first-order valence-corrected chi connectivity index (χ1v) is 7.47. The van der Waals surface area contributed by atoms with Crippen molar-refractivity contribution in [2.75, 3.05) is 26.2 Å². The fourth-order valence-corrected chi connectivity index (χ4v) is 3.16. The zero-order chi connectivity index (χ0) is 14.7. The molecule has 20 heavy (non-hydrogen) atoms. The van der Waals surface area contributed by atoms with Crippen molar-refractivity contribution in [1.82, 2.24) is 15.5 Å². The molecule has 0 radical (unpaired) electrons. The number of amides is 2. The Morgan fingerprint density at radius 2 is 1.95 bits per heavy atom.